The third kappa shape index (κ3) is 2.32. The predicted molar refractivity (Wildman–Crippen MR) is 62.3 cm³/mol. The van der Waals surface area contributed by atoms with Gasteiger partial charge in [-0.05, 0) is 18.2 Å². The van der Waals surface area contributed by atoms with Crippen LogP contribution in [0.3, 0.4) is 0 Å². The smallest absolute Gasteiger partial charge is 0.192 e. The molecule has 0 aliphatic carbocycles. The Morgan fingerprint density at radius 1 is 1.56 bits per heavy atom. The van der Waals surface area contributed by atoms with Crippen LogP contribution in [0.1, 0.15) is 5.89 Å². The lowest BCUT2D eigenvalue weighted by Gasteiger charge is -2.10. The Bertz CT molecular complexity index is 481. The lowest BCUT2D eigenvalue weighted by molar-refractivity contribution is 0.270. The lowest BCUT2D eigenvalue weighted by Crippen LogP contribution is -2.32. The molecule has 16 heavy (non-hydrogen) atoms. The molecule has 1 heterocycles. The number of aromatic nitrogens is 1. The van der Waals surface area contributed by atoms with Crippen molar-refractivity contribution in [3.05, 3.63) is 24.1 Å². The number of nitrogens with zero attached hydrogens (tertiary/aromatic N) is 1. The fraction of sp³-hybridized carbons (Fsp3) is 0.364. The van der Waals surface area contributed by atoms with E-state index in [1.54, 1.807) is 0 Å². The first-order chi connectivity index (χ1) is 7.69. The Morgan fingerprint density at radius 3 is 3.12 bits per heavy atom. The van der Waals surface area contributed by atoms with Gasteiger partial charge in [0.15, 0.2) is 11.5 Å². The molecular weight excluding hydrogens is 206 g/mol. The van der Waals surface area contributed by atoms with E-state index in [4.69, 9.17) is 15.3 Å². The van der Waals surface area contributed by atoms with E-state index < -0.39 is 0 Å². The minimum absolute atomic E-state index is 0.0295. The highest BCUT2D eigenvalue weighted by molar-refractivity contribution is 5.77. The second-order valence-corrected chi connectivity index (χ2v) is 3.74. The van der Waals surface area contributed by atoms with Gasteiger partial charge in [-0.2, -0.15) is 0 Å². The normalized spacial score (nSPS) is 12.9. The SMILES string of the molecule is Cc1nc2cc(NCC(N)CO)ccc2o1. The van der Waals surface area contributed by atoms with Gasteiger partial charge in [0.2, 0.25) is 0 Å². The van der Waals surface area contributed by atoms with Crippen LogP contribution in [0.4, 0.5) is 5.69 Å². The molecule has 0 amide bonds. The van der Waals surface area contributed by atoms with Gasteiger partial charge in [-0.15, -0.1) is 0 Å². The summed E-state index contributed by atoms with van der Waals surface area (Å²) in [6, 6.07) is 5.41. The summed E-state index contributed by atoms with van der Waals surface area (Å²) in [5.74, 6) is 0.652. The van der Waals surface area contributed by atoms with Crippen molar-refractivity contribution in [1.82, 2.24) is 4.98 Å². The van der Waals surface area contributed by atoms with Gasteiger partial charge in [0, 0.05) is 25.2 Å². The molecule has 2 aromatic rings. The third-order valence-corrected chi connectivity index (χ3v) is 2.30. The van der Waals surface area contributed by atoms with Crippen LogP contribution in [0, 0.1) is 6.92 Å². The van der Waals surface area contributed by atoms with Crippen LogP contribution in [0.25, 0.3) is 11.1 Å². The van der Waals surface area contributed by atoms with E-state index in [0.29, 0.717) is 12.4 Å². The molecule has 2 rings (SSSR count). The molecule has 0 saturated heterocycles. The molecule has 4 N–H and O–H groups in total. The number of aryl methyl sites for hydroxylation is 1. The van der Waals surface area contributed by atoms with E-state index in [2.05, 4.69) is 10.3 Å². The van der Waals surface area contributed by atoms with Gasteiger partial charge in [0.25, 0.3) is 0 Å². The van der Waals surface area contributed by atoms with Gasteiger partial charge in [-0.3, -0.25) is 0 Å². The maximum absolute atomic E-state index is 8.80. The summed E-state index contributed by atoms with van der Waals surface area (Å²) in [5, 5.41) is 11.9. The Labute approximate surface area is 93.3 Å². The van der Waals surface area contributed by atoms with Gasteiger partial charge in [0.1, 0.15) is 5.52 Å². The van der Waals surface area contributed by atoms with E-state index in [-0.39, 0.29) is 12.6 Å². The molecular formula is C11H15N3O2. The quantitative estimate of drug-likeness (QED) is 0.713. The first-order valence-corrected chi connectivity index (χ1v) is 5.16. The third-order valence-electron chi connectivity index (χ3n) is 2.30. The summed E-state index contributed by atoms with van der Waals surface area (Å²) >= 11 is 0. The second-order valence-electron chi connectivity index (χ2n) is 3.74. The average molecular weight is 221 g/mol. The van der Waals surface area contributed by atoms with E-state index in [1.807, 2.05) is 25.1 Å². The monoisotopic (exact) mass is 221 g/mol. The summed E-state index contributed by atoms with van der Waals surface area (Å²) in [5.41, 5.74) is 8.10. The first-order valence-electron chi connectivity index (χ1n) is 5.16. The molecule has 0 aliphatic rings. The van der Waals surface area contributed by atoms with Gasteiger partial charge >= 0.3 is 0 Å². The van der Waals surface area contributed by atoms with E-state index in [9.17, 15) is 0 Å². The summed E-state index contributed by atoms with van der Waals surface area (Å²) in [6.45, 7) is 2.31. The second kappa shape index (κ2) is 4.51. The Kier molecular flexibility index (Phi) is 3.07. The molecule has 1 aromatic heterocycles. The maximum atomic E-state index is 8.80. The Hall–Kier alpha value is -1.59. The fourth-order valence-electron chi connectivity index (χ4n) is 1.47. The molecule has 1 unspecified atom stereocenters. The minimum atomic E-state index is -0.255. The highest BCUT2D eigenvalue weighted by atomic mass is 16.3. The molecule has 5 heteroatoms. The minimum Gasteiger partial charge on any atom is -0.441 e. The highest BCUT2D eigenvalue weighted by Gasteiger charge is 2.04. The number of anilines is 1. The lowest BCUT2D eigenvalue weighted by atomic mass is 10.2. The Morgan fingerprint density at radius 2 is 2.38 bits per heavy atom. The summed E-state index contributed by atoms with van der Waals surface area (Å²) in [6.07, 6.45) is 0. The molecule has 0 bridgehead atoms. The molecule has 86 valence electrons. The molecule has 0 saturated carbocycles. The Balaban J connectivity index is 2.13. The van der Waals surface area contributed by atoms with Gasteiger partial charge in [-0.25, -0.2) is 4.98 Å². The van der Waals surface area contributed by atoms with Crippen LogP contribution in [-0.2, 0) is 0 Å². The number of aliphatic hydroxyl groups excluding tert-OH is 1. The molecule has 0 fully saturated rings. The standard InChI is InChI=1S/C11H15N3O2/c1-7-14-10-4-9(2-3-11(10)16-7)13-5-8(12)6-15/h2-4,8,13,15H,5-6,12H2,1H3. The molecule has 0 radical (unpaired) electrons. The van der Waals surface area contributed by atoms with Crippen molar-refractivity contribution in [2.75, 3.05) is 18.5 Å². The number of hydrogen-bond donors (Lipinski definition) is 3. The van der Waals surface area contributed by atoms with Crippen molar-refractivity contribution < 1.29 is 9.52 Å². The van der Waals surface area contributed by atoms with Crippen molar-refractivity contribution in [2.24, 2.45) is 5.73 Å². The van der Waals surface area contributed by atoms with Gasteiger partial charge < -0.3 is 20.6 Å². The number of fused-ring (bicyclic) bond motifs is 1. The van der Waals surface area contributed by atoms with Crippen LogP contribution < -0.4 is 11.1 Å². The highest BCUT2D eigenvalue weighted by Crippen LogP contribution is 2.19. The van der Waals surface area contributed by atoms with Crippen LogP contribution >= 0.6 is 0 Å². The summed E-state index contributed by atoms with van der Waals surface area (Å²) < 4.78 is 5.37. The van der Waals surface area contributed by atoms with Crippen LogP contribution in [0.5, 0.6) is 0 Å². The van der Waals surface area contributed by atoms with Gasteiger partial charge in [-0.1, -0.05) is 0 Å². The zero-order chi connectivity index (χ0) is 11.5. The van der Waals surface area contributed by atoms with Crippen LogP contribution in [0.2, 0.25) is 0 Å². The van der Waals surface area contributed by atoms with Crippen molar-refractivity contribution in [1.29, 1.82) is 0 Å². The van der Waals surface area contributed by atoms with Crippen LogP contribution in [-0.4, -0.2) is 29.3 Å². The maximum Gasteiger partial charge on any atom is 0.192 e. The molecule has 1 atom stereocenters. The first kappa shape index (κ1) is 10.9. The number of hydrogen-bond acceptors (Lipinski definition) is 5. The zero-order valence-corrected chi connectivity index (χ0v) is 9.10. The molecule has 1 aromatic carbocycles. The molecule has 0 aliphatic heterocycles. The topological polar surface area (TPSA) is 84.3 Å². The van der Waals surface area contributed by atoms with Crippen molar-refractivity contribution in [3.8, 4) is 0 Å². The molecule has 0 spiro atoms. The van der Waals surface area contributed by atoms with E-state index in [0.717, 1.165) is 16.8 Å². The van der Waals surface area contributed by atoms with Crippen molar-refractivity contribution in [3.63, 3.8) is 0 Å². The number of nitrogens with two attached hydrogens (primary N) is 1. The average Bonchev–Trinajstić information content (AvgIpc) is 2.65. The predicted octanol–water partition coefficient (Wildman–Crippen LogP) is 0.868. The van der Waals surface area contributed by atoms with E-state index in [1.165, 1.54) is 0 Å². The number of oxazole rings is 1. The molecule has 5 nitrogen and oxygen atoms in total. The van der Waals surface area contributed by atoms with Crippen molar-refractivity contribution >= 4 is 16.8 Å². The number of rotatable bonds is 4. The van der Waals surface area contributed by atoms with Crippen LogP contribution in [0.15, 0.2) is 22.6 Å². The fourth-order valence-corrected chi connectivity index (χ4v) is 1.47. The van der Waals surface area contributed by atoms with Gasteiger partial charge in [0.05, 0.1) is 6.61 Å². The van der Waals surface area contributed by atoms with Crippen molar-refractivity contribution in [2.45, 2.75) is 13.0 Å². The number of benzene rings is 1. The zero-order valence-electron chi connectivity index (χ0n) is 9.10. The number of aliphatic hydroxyl groups is 1. The summed E-state index contributed by atoms with van der Waals surface area (Å²) in [7, 11) is 0. The largest absolute Gasteiger partial charge is 0.441 e. The number of nitrogens with one attached hydrogen (secondary N) is 1. The summed E-state index contributed by atoms with van der Waals surface area (Å²) in [4.78, 5) is 4.23. The van der Waals surface area contributed by atoms with E-state index >= 15 is 0 Å².